The minimum atomic E-state index is -0.367. The van der Waals surface area contributed by atoms with E-state index in [1.165, 1.54) is 0 Å². The highest BCUT2D eigenvalue weighted by Crippen LogP contribution is 2.18. The lowest BCUT2D eigenvalue weighted by molar-refractivity contribution is -0.121. The molecule has 0 aliphatic rings. The molecule has 1 amide bonds. The maximum absolute atomic E-state index is 12.3. The lowest BCUT2D eigenvalue weighted by atomic mass is 10.1. The molecule has 1 aromatic carbocycles. The Hall–Kier alpha value is -1.63. The topological polar surface area (TPSA) is 87.8 Å². The third-order valence-electron chi connectivity index (χ3n) is 3.42. The average Bonchev–Trinajstić information content (AvgIpc) is 2.46. The van der Waals surface area contributed by atoms with Crippen molar-refractivity contribution in [2.24, 2.45) is 0 Å². The molecule has 118 valence electrons. The lowest BCUT2D eigenvalue weighted by Crippen LogP contribution is -2.45. The summed E-state index contributed by atoms with van der Waals surface area (Å²) in [6.45, 7) is 5.24. The summed E-state index contributed by atoms with van der Waals surface area (Å²) in [7, 11) is 1.61. The van der Waals surface area contributed by atoms with Gasteiger partial charge in [0.2, 0.25) is 5.91 Å². The van der Waals surface area contributed by atoms with Crippen molar-refractivity contribution in [3.63, 3.8) is 0 Å². The van der Waals surface area contributed by atoms with Gasteiger partial charge >= 0.3 is 0 Å². The Morgan fingerprint density at radius 2 is 2.19 bits per heavy atom. The van der Waals surface area contributed by atoms with E-state index >= 15 is 0 Å². The predicted molar refractivity (Wildman–Crippen MR) is 84.2 cm³/mol. The van der Waals surface area contributed by atoms with E-state index in [-0.39, 0.29) is 18.6 Å². The normalized spacial score (nSPS) is 12.4. The summed E-state index contributed by atoms with van der Waals surface area (Å²) >= 11 is 0. The van der Waals surface area contributed by atoms with Gasteiger partial charge in [0.25, 0.3) is 0 Å². The average molecular weight is 295 g/mol. The van der Waals surface area contributed by atoms with Gasteiger partial charge in [-0.25, -0.2) is 0 Å². The Balaban J connectivity index is 2.73. The van der Waals surface area contributed by atoms with Gasteiger partial charge in [-0.1, -0.05) is 6.07 Å². The van der Waals surface area contributed by atoms with Crippen LogP contribution in [0.3, 0.4) is 0 Å². The Morgan fingerprint density at radius 3 is 2.81 bits per heavy atom. The summed E-state index contributed by atoms with van der Waals surface area (Å²) in [5.74, 6) is -0.131. The fourth-order valence-electron chi connectivity index (χ4n) is 2.01. The lowest BCUT2D eigenvalue weighted by Gasteiger charge is -2.27. The van der Waals surface area contributed by atoms with Crippen LogP contribution < -0.4 is 11.1 Å². The van der Waals surface area contributed by atoms with Crippen molar-refractivity contribution in [2.75, 3.05) is 44.5 Å². The fraction of sp³-hybridized carbons (Fsp3) is 0.533. The van der Waals surface area contributed by atoms with Crippen LogP contribution in [0, 0.1) is 6.92 Å². The molecule has 0 fully saturated rings. The van der Waals surface area contributed by atoms with Gasteiger partial charge in [0.15, 0.2) is 0 Å². The summed E-state index contributed by atoms with van der Waals surface area (Å²) < 4.78 is 5.03. The van der Waals surface area contributed by atoms with Crippen molar-refractivity contribution >= 4 is 17.3 Å². The van der Waals surface area contributed by atoms with Crippen molar-refractivity contribution in [3.05, 3.63) is 23.8 Å². The molecule has 0 bridgehead atoms. The molecule has 4 N–H and O–H groups in total. The number of aryl methyl sites for hydroxylation is 1. The second-order valence-electron chi connectivity index (χ2n) is 4.99. The Kier molecular flexibility index (Phi) is 7.14. The van der Waals surface area contributed by atoms with E-state index in [4.69, 9.17) is 15.6 Å². The van der Waals surface area contributed by atoms with E-state index in [2.05, 4.69) is 5.32 Å². The van der Waals surface area contributed by atoms with Crippen LogP contribution in [-0.2, 0) is 9.53 Å². The molecule has 0 heterocycles. The molecule has 0 saturated heterocycles. The molecule has 21 heavy (non-hydrogen) atoms. The van der Waals surface area contributed by atoms with Gasteiger partial charge in [0, 0.05) is 31.6 Å². The number of anilines is 2. The van der Waals surface area contributed by atoms with Crippen LogP contribution in [0.1, 0.15) is 12.5 Å². The van der Waals surface area contributed by atoms with Crippen LogP contribution in [-0.4, -0.2) is 55.4 Å². The molecule has 0 saturated carbocycles. The second-order valence-corrected chi connectivity index (χ2v) is 4.99. The van der Waals surface area contributed by atoms with E-state index in [9.17, 15) is 4.79 Å². The van der Waals surface area contributed by atoms with Crippen LogP contribution >= 0.6 is 0 Å². The van der Waals surface area contributed by atoms with Crippen molar-refractivity contribution in [1.82, 2.24) is 4.90 Å². The van der Waals surface area contributed by atoms with Gasteiger partial charge in [-0.15, -0.1) is 0 Å². The van der Waals surface area contributed by atoms with Crippen LogP contribution in [0.25, 0.3) is 0 Å². The highest BCUT2D eigenvalue weighted by Gasteiger charge is 2.21. The molecule has 0 aromatic heterocycles. The summed E-state index contributed by atoms with van der Waals surface area (Å²) in [5.41, 5.74) is 8.01. The third kappa shape index (κ3) is 5.34. The highest BCUT2D eigenvalue weighted by atomic mass is 16.5. The van der Waals surface area contributed by atoms with Gasteiger partial charge in [0.05, 0.1) is 19.3 Å². The number of methoxy groups -OCH3 is 1. The molecule has 0 aliphatic carbocycles. The zero-order valence-electron chi connectivity index (χ0n) is 12.9. The third-order valence-corrected chi connectivity index (χ3v) is 3.42. The first-order chi connectivity index (χ1) is 9.99. The molecule has 1 unspecified atom stereocenters. The van der Waals surface area contributed by atoms with Crippen molar-refractivity contribution in [1.29, 1.82) is 0 Å². The maximum atomic E-state index is 12.3. The summed E-state index contributed by atoms with van der Waals surface area (Å²) in [6.07, 6.45) is 0. The van der Waals surface area contributed by atoms with E-state index in [0.717, 1.165) is 5.56 Å². The van der Waals surface area contributed by atoms with Crippen molar-refractivity contribution < 1.29 is 14.6 Å². The number of carbonyl (C=O) groups is 1. The summed E-state index contributed by atoms with van der Waals surface area (Å²) in [5, 5.41) is 12.0. The number of nitrogens with two attached hydrogens (primary N) is 1. The van der Waals surface area contributed by atoms with E-state index in [0.29, 0.717) is 31.1 Å². The van der Waals surface area contributed by atoms with Crippen molar-refractivity contribution in [3.8, 4) is 0 Å². The first-order valence-corrected chi connectivity index (χ1v) is 7.00. The van der Waals surface area contributed by atoms with E-state index in [1.807, 2.05) is 24.8 Å². The van der Waals surface area contributed by atoms with Gasteiger partial charge in [-0.2, -0.15) is 0 Å². The number of amides is 1. The van der Waals surface area contributed by atoms with Crippen LogP contribution in [0.15, 0.2) is 18.2 Å². The minimum absolute atomic E-state index is 0.00134. The summed E-state index contributed by atoms with van der Waals surface area (Å²) in [6, 6.07) is 5.04. The Morgan fingerprint density at radius 1 is 1.48 bits per heavy atom. The number of benzene rings is 1. The van der Waals surface area contributed by atoms with Crippen LogP contribution in [0.2, 0.25) is 0 Å². The molecule has 1 rings (SSSR count). The number of hydrogen-bond donors (Lipinski definition) is 3. The second kappa shape index (κ2) is 8.61. The molecule has 1 aromatic rings. The number of nitrogens with one attached hydrogen (secondary N) is 1. The smallest absolute Gasteiger partial charge is 0.241 e. The molecule has 0 radical (unpaired) electrons. The van der Waals surface area contributed by atoms with Gasteiger partial charge in [-0.3, -0.25) is 9.69 Å². The number of aliphatic hydroxyl groups excluding tert-OH is 1. The number of nitrogen functional groups attached to an aromatic ring is 1. The zero-order chi connectivity index (χ0) is 15.8. The SMILES string of the molecule is COCCN(CCO)C(C)C(=O)Nc1cc(N)ccc1C. The quantitative estimate of drug-likeness (QED) is 0.619. The molecule has 0 spiro atoms. The molecule has 0 aliphatic heterocycles. The maximum Gasteiger partial charge on any atom is 0.241 e. The molecular formula is C15H25N3O3. The Bertz CT molecular complexity index is 465. The molecule has 1 atom stereocenters. The van der Waals surface area contributed by atoms with Gasteiger partial charge in [-0.05, 0) is 31.5 Å². The molecule has 6 heteroatoms. The van der Waals surface area contributed by atoms with Crippen molar-refractivity contribution in [2.45, 2.75) is 19.9 Å². The first-order valence-electron chi connectivity index (χ1n) is 7.00. The predicted octanol–water partition coefficient (Wildman–Crippen LogP) is 0.845. The number of nitrogens with zero attached hydrogens (tertiary/aromatic N) is 1. The van der Waals surface area contributed by atoms with Gasteiger partial charge < -0.3 is 20.9 Å². The number of aliphatic hydroxyl groups is 1. The number of hydrogen-bond acceptors (Lipinski definition) is 5. The molecule has 6 nitrogen and oxygen atoms in total. The van der Waals surface area contributed by atoms with Crippen LogP contribution in [0.4, 0.5) is 11.4 Å². The van der Waals surface area contributed by atoms with E-state index in [1.54, 1.807) is 19.2 Å². The molecular weight excluding hydrogens is 270 g/mol. The number of rotatable bonds is 8. The largest absolute Gasteiger partial charge is 0.399 e. The highest BCUT2D eigenvalue weighted by molar-refractivity contribution is 5.95. The van der Waals surface area contributed by atoms with Gasteiger partial charge in [0.1, 0.15) is 0 Å². The van der Waals surface area contributed by atoms with E-state index < -0.39 is 0 Å². The number of ether oxygens (including phenoxy) is 1. The monoisotopic (exact) mass is 295 g/mol. The Labute approximate surface area is 125 Å². The standard InChI is InChI=1S/C15H25N3O3/c1-11-4-5-13(16)10-14(11)17-15(20)12(2)18(6-8-19)7-9-21-3/h4-5,10,12,19H,6-9,16H2,1-3H3,(H,17,20). The van der Waals surface area contributed by atoms with Crippen LogP contribution in [0.5, 0.6) is 0 Å². The first kappa shape index (κ1) is 17.4. The zero-order valence-corrected chi connectivity index (χ0v) is 12.9. The fourth-order valence-corrected chi connectivity index (χ4v) is 2.01. The minimum Gasteiger partial charge on any atom is -0.399 e. The summed E-state index contributed by atoms with van der Waals surface area (Å²) in [4.78, 5) is 14.2. The number of carbonyl (C=O) groups excluding carboxylic acids is 1.